The smallest absolute Gasteiger partial charge is 0.130 e. The molecule has 0 aromatic heterocycles. The van der Waals surface area contributed by atoms with Crippen molar-refractivity contribution >= 4 is 23.2 Å². The molecule has 1 aromatic carbocycles. The van der Waals surface area contributed by atoms with Crippen LogP contribution >= 0.6 is 23.2 Å². The molecule has 0 N–H and O–H groups in total. The largest absolute Gasteiger partial charge is 0.239 e. The van der Waals surface area contributed by atoms with Crippen molar-refractivity contribution in [2.45, 2.75) is 19.5 Å². The molecular weight excluding hydrogens is 198 g/mol. The number of halogens is 3. The summed E-state index contributed by atoms with van der Waals surface area (Å²) >= 11 is 11.4. The number of hydrogen-bond acceptors (Lipinski definition) is 0. The van der Waals surface area contributed by atoms with Crippen molar-refractivity contribution in [2.75, 3.05) is 0 Å². The van der Waals surface area contributed by atoms with Crippen LogP contribution in [0.3, 0.4) is 0 Å². The molecule has 0 amide bonds. The molecule has 0 spiro atoms. The first-order valence-electron chi connectivity index (χ1n) is 3.55. The zero-order chi connectivity index (χ0) is 9.35. The Morgan fingerprint density at radius 1 is 1.17 bits per heavy atom. The lowest BCUT2D eigenvalue weighted by atomic mass is 10.0. The molecule has 1 rings (SSSR count). The van der Waals surface area contributed by atoms with Crippen LogP contribution in [0.15, 0.2) is 18.2 Å². The van der Waals surface area contributed by atoms with Gasteiger partial charge in [-0.05, 0) is 31.5 Å². The first-order valence-corrected chi connectivity index (χ1v) is 4.31. The molecule has 0 nitrogen and oxygen atoms in total. The molecule has 0 aliphatic rings. The Kier molecular flexibility index (Phi) is 2.64. The summed E-state index contributed by atoms with van der Waals surface area (Å²) in [6.45, 7) is 2.96. The van der Waals surface area contributed by atoms with E-state index in [9.17, 15) is 4.39 Å². The van der Waals surface area contributed by atoms with Crippen molar-refractivity contribution in [1.29, 1.82) is 0 Å². The third-order valence-corrected chi connectivity index (χ3v) is 2.35. The topological polar surface area (TPSA) is 0 Å². The van der Waals surface area contributed by atoms with Crippen LogP contribution < -0.4 is 0 Å². The third-order valence-electron chi connectivity index (χ3n) is 1.61. The lowest BCUT2D eigenvalue weighted by Crippen LogP contribution is -2.08. The first kappa shape index (κ1) is 9.82. The molecule has 3 heteroatoms. The molecule has 0 heterocycles. The Morgan fingerprint density at radius 3 is 2.17 bits per heavy atom. The van der Waals surface area contributed by atoms with Gasteiger partial charge in [0.15, 0.2) is 0 Å². The Balaban J connectivity index is 3.14. The molecule has 0 fully saturated rings. The normalized spacial score (nSPS) is 11.8. The average Bonchev–Trinajstić information content (AvgIpc) is 1.92. The van der Waals surface area contributed by atoms with Gasteiger partial charge in [-0.2, -0.15) is 0 Å². The van der Waals surface area contributed by atoms with Gasteiger partial charge < -0.3 is 0 Å². The minimum Gasteiger partial charge on any atom is -0.239 e. The van der Waals surface area contributed by atoms with Crippen LogP contribution in [0.2, 0.25) is 10.0 Å². The van der Waals surface area contributed by atoms with Crippen LogP contribution in [0.5, 0.6) is 0 Å². The van der Waals surface area contributed by atoms with Gasteiger partial charge in [-0.15, -0.1) is 0 Å². The molecule has 0 unspecified atom stereocenters. The summed E-state index contributed by atoms with van der Waals surface area (Å²) in [5.74, 6) is 0. The molecule has 1 aromatic rings. The Labute approximate surface area is 81.3 Å². The van der Waals surface area contributed by atoms with Gasteiger partial charge in [-0.25, -0.2) is 4.39 Å². The summed E-state index contributed by atoms with van der Waals surface area (Å²) in [4.78, 5) is 0. The SMILES string of the molecule is CC(C)(F)c1ccc(Cl)c(Cl)c1. The van der Waals surface area contributed by atoms with Crippen molar-refractivity contribution in [3.8, 4) is 0 Å². The molecule has 0 radical (unpaired) electrons. The Hall–Kier alpha value is -0.270. The second-order valence-corrected chi connectivity index (χ2v) is 3.92. The van der Waals surface area contributed by atoms with E-state index in [0.717, 1.165) is 0 Å². The van der Waals surface area contributed by atoms with Gasteiger partial charge in [0.25, 0.3) is 0 Å². The highest BCUT2D eigenvalue weighted by Crippen LogP contribution is 2.30. The van der Waals surface area contributed by atoms with Crippen molar-refractivity contribution < 1.29 is 4.39 Å². The fourth-order valence-corrected chi connectivity index (χ4v) is 1.16. The molecule has 66 valence electrons. The van der Waals surface area contributed by atoms with Crippen molar-refractivity contribution in [1.82, 2.24) is 0 Å². The van der Waals surface area contributed by atoms with Crippen LogP contribution in [-0.4, -0.2) is 0 Å². The second kappa shape index (κ2) is 3.23. The number of rotatable bonds is 1. The minimum absolute atomic E-state index is 0.389. The molecule has 0 saturated heterocycles. The summed E-state index contributed by atoms with van der Waals surface area (Å²) in [6.07, 6.45) is 0. The van der Waals surface area contributed by atoms with Gasteiger partial charge in [0, 0.05) is 0 Å². The summed E-state index contributed by atoms with van der Waals surface area (Å²) in [5, 5.41) is 0.838. The fraction of sp³-hybridized carbons (Fsp3) is 0.333. The number of hydrogen-bond donors (Lipinski definition) is 0. The number of benzene rings is 1. The molecule has 0 saturated carbocycles. The summed E-state index contributed by atoms with van der Waals surface area (Å²) in [7, 11) is 0. The third kappa shape index (κ3) is 2.11. The first-order chi connectivity index (χ1) is 5.41. The highest BCUT2D eigenvalue weighted by molar-refractivity contribution is 6.42. The maximum absolute atomic E-state index is 13.3. The summed E-state index contributed by atoms with van der Waals surface area (Å²) in [5.41, 5.74) is -0.828. The van der Waals surface area contributed by atoms with E-state index in [0.29, 0.717) is 15.6 Å². The van der Waals surface area contributed by atoms with Crippen molar-refractivity contribution in [2.24, 2.45) is 0 Å². The molecule has 0 bridgehead atoms. The van der Waals surface area contributed by atoms with Crippen LogP contribution in [0.1, 0.15) is 19.4 Å². The van der Waals surface area contributed by atoms with Gasteiger partial charge in [0.2, 0.25) is 0 Å². The van der Waals surface area contributed by atoms with Crippen molar-refractivity contribution in [3.05, 3.63) is 33.8 Å². The van der Waals surface area contributed by atoms with Gasteiger partial charge in [-0.1, -0.05) is 29.3 Å². The zero-order valence-corrected chi connectivity index (χ0v) is 8.38. The Bertz CT molecular complexity index is 289. The van der Waals surface area contributed by atoms with Crippen molar-refractivity contribution in [3.63, 3.8) is 0 Å². The molecule has 0 aliphatic heterocycles. The summed E-state index contributed by atoms with van der Waals surface area (Å²) < 4.78 is 13.3. The molecular formula is C9H9Cl2F. The van der Waals surface area contributed by atoms with Crippen LogP contribution in [0.4, 0.5) is 4.39 Å². The van der Waals surface area contributed by atoms with Gasteiger partial charge in [-0.3, -0.25) is 0 Å². The molecule has 12 heavy (non-hydrogen) atoms. The molecule has 0 atom stereocenters. The van der Waals surface area contributed by atoms with E-state index in [1.807, 2.05) is 0 Å². The fourth-order valence-electron chi connectivity index (χ4n) is 0.866. The van der Waals surface area contributed by atoms with Crippen LogP contribution in [0, 0.1) is 0 Å². The zero-order valence-electron chi connectivity index (χ0n) is 6.87. The van der Waals surface area contributed by atoms with Gasteiger partial charge in [0.05, 0.1) is 10.0 Å². The molecule has 0 aliphatic carbocycles. The highest BCUT2D eigenvalue weighted by atomic mass is 35.5. The lowest BCUT2D eigenvalue weighted by molar-refractivity contribution is 0.221. The van der Waals surface area contributed by atoms with E-state index < -0.39 is 5.67 Å². The van der Waals surface area contributed by atoms with Gasteiger partial charge >= 0.3 is 0 Å². The van der Waals surface area contributed by atoms with Gasteiger partial charge in [0.1, 0.15) is 5.67 Å². The lowest BCUT2D eigenvalue weighted by Gasteiger charge is -2.14. The monoisotopic (exact) mass is 206 g/mol. The minimum atomic E-state index is -1.37. The van der Waals surface area contributed by atoms with E-state index in [4.69, 9.17) is 23.2 Å². The highest BCUT2D eigenvalue weighted by Gasteiger charge is 2.19. The van der Waals surface area contributed by atoms with E-state index in [1.54, 1.807) is 18.2 Å². The second-order valence-electron chi connectivity index (χ2n) is 3.10. The van der Waals surface area contributed by atoms with E-state index in [-0.39, 0.29) is 0 Å². The van der Waals surface area contributed by atoms with E-state index >= 15 is 0 Å². The number of alkyl halides is 1. The Morgan fingerprint density at radius 2 is 1.75 bits per heavy atom. The summed E-state index contributed by atoms with van der Waals surface area (Å²) in [6, 6.07) is 4.78. The van der Waals surface area contributed by atoms with Crippen LogP contribution in [0.25, 0.3) is 0 Å². The maximum atomic E-state index is 13.3. The quantitative estimate of drug-likeness (QED) is 0.647. The maximum Gasteiger partial charge on any atom is 0.130 e. The van der Waals surface area contributed by atoms with E-state index in [1.165, 1.54) is 13.8 Å². The average molecular weight is 207 g/mol. The predicted molar refractivity (Wildman–Crippen MR) is 50.6 cm³/mol. The standard InChI is InChI=1S/C9H9Cl2F/c1-9(2,12)6-3-4-7(10)8(11)5-6/h3-5H,1-2H3. The predicted octanol–water partition coefficient (Wildman–Crippen LogP) is 4.20. The van der Waals surface area contributed by atoms with Crippen LogP contribution in [-0.2, 0) is 5.67 Å². The van der Waals surface area contributed by atoms with E-state index in [2.05, 4.69) is 0 Å².